The molecule has 0 spiro atoms. The lowest BCUT2D eigenvalue weighted by atomic mass is 10.2. The van der Waals surface area contributed by atoms with Crippen LogP contribution in [0.1, 0.15) is 0 Å². The van der Waals surface area contributed by atoms with Gasteiger partial charge in [0, 0.05) is 23.1 Å². The lowest BCUT2D eigenvalue weighted by Gasteiger charge is -2.09. The van der Waals surface area contributed by atoms with Crippen molar-refractivity contribution < 1.29 is 4.57 Å². The highest BCUT2D eigenvalue weighted by molar-refractivity contribution is 7.70. The largest absolute Gasteiger partial charge is 0.319 e. The SMILES string of the molecule is CP(C)(=O)c1cccc2cnccc12. The summed E-state index contributed by atoms with van der Waals surface area (Å²) in [6.07, 6.45) is 3.54. The van der Waals surface area contributed by atoms with Crippen LogP contribution in [0, 0.1) is 0 Å². The van der Waals surface area contributed by atoms with Crippen LogP contribution in [-0.2, 0) is 4.57 Å². The van der Waals surface area contributed by atoms with Crippen molar-refractivity contribution in [2.24, 2.45) is 0 Å². The zero-order valence-electron chi connectivity index (χ0n) is 8.27. The molecule has 0 N–H and O–H groups in total. The average molecular weight is 205 g/mol. The van der Waals surface area contributed by atoms with Crippen LogP contribution in [0.3, 0.4) is 0 Å². The third-order valence-electron chi connectivity index (χ3n) is 2.24. The van der Waals surface area contributed by atoms with E-state index in [2.05, 4.69) is 4.98 Å². The molecular weight excluding hydrogens is 193 g/mol. The summed E-state index contributed by atoms with van der Waals surface area (Å²) in [4.78, 5) is 4.05. The van der Waals surface area contributed by atoms with Gasteiger partial charge in [0.05, 0.1) is 0 Å². The number of benzene rings is 1. The Hall–Kier alpha value is -1.14. The Kier molecular flexibility index (Phi) is 2.16. The summed E-state index contributed by atoms with van der Waals surface area (Å²) in [6.45, 7) is 3.59. The minimum Gasteiger partial charge on any atom is -0.319 e. The van der Waals surface area contributed by atoms with Gasteiger partial charge >= 0.3 is 0 Å². The predicted molar refractivity (Wildman–Crippen MR) is 60.8 cm³/mol. The molecule has 2 rings (SSSR count). The van der Waals surface area contributed by atoms with E-state index in [1.807, 2.05) is 24.3 Å². The van der Waals surface area contributed by atoms with Crippen molar-refractivity contribution in [3.8, 4) is 0 Å². The van der Waals surface area contributed by atoms with E-state index in [0.717, 1.165) is 16.1 Å². The van der Waals surface area contributed by atoms with Crippen LogP contribution >= 0.6 is 7.14 Å². The number of nitrogens with zero attached hydrogens (tertiary/aromatic N) is 1. The third kappa shape index (κ3) is 1.58. The number of rotatable bonds is 1. The van der Waals surface area contributed by atoms with Gasteiger partial charge in [0.25, 0.3) is 0 Å². The molecule has 0 radical (unpaired) electrons. The molecule has 0 aliphatic carbocycles. The summed E-state index contributed by atoms with van der Waals surface area (Å²) in [7, 11) is -2.19. The maximum atomic E-state index is 12.0. The van der Waals surface area contributed by atoms with Crippen LogP contribution in [0.15, 0.2) is 36.7 Å². The van der Waals surface area contributed by atoms with Gasteiger partial charge in [-0.15, -0.1) is 0 Å². The molecule has 14 heavy (non-hydrogen) atoms. The monoisotopic (exact) mass is 205 g/mol. The van der Waals surface area contributed by atoms with Gasteiger partial charge in [-0.3, -0.25) is 4.98 Å². The fourth-order valence-corrected chi connectivity index (χ4v) is 2.80. The molecule has 2 nitrogen and oxygen atoms in total. The van der Waals surface area contributed by atoms with Crippen molar-refractivity contribution in [3.05, 3.63) is 36.7 Å². The first-order valence-corrected chi connectivity index (χ1v) is 7.07. The quantitative estimate of drug-likeness (QED) is 0.669. The summed E-state index contributed by atoms with van der Waals surface area (Å²) >= 11 is 0. The van der Waals surface area contributed by atoms with Crippen LogP contribution in [-0.4, -0.2) is 18.3 Å². The maximum absolute atomic E-state index is 12.0. The molecule has 1 aromatic heterocycles. The van der Waals surface area contributed by atoms with Gasteiger partial charge in [-0.1, -0.05) is 18.2 Å². The number of hydrogen-bond donors (Lipinski definition) is 0. The molecule has 0 unspecified atom stereocenters. The molecule has 0 aliphatic rings. The highest BCUT2D eigenvalue weighted by atomic mass is 31.2. The molecule has 72 valence electrons. The van der Waals surface area contributed by atoms with Crippen molar-refractivity contribution in [2.45, 2.75) is 0 Å². The molecule has 0 atom stereocenters. The summed E-state index contributed by atoms with van der Waals surface area (Å²) < 4.78 is 12.0. The summed E-state index contributed by atoms with van der Waals surface area (Å²) in [5.74, 6) is 0. The molecule has 2 aromatic rings. The Labute approximate surface area is 83.4 Å². The molecular formula is C11H12NOP. The van der Waals surface area contributed by atoms with E-state index in [9.17, 15) is 4.57 Å². The zero-order chi connectivity index (χ0) is 10.2. The second-order valence-corrected chi connectivity index (χ2v) is 6.91. The molecule has 0 saturated carbocycles. The van der Waals surface area contributed by atoms with Gasteiger partial charge in [-0.25, -0.2) is 0 Å². The van der Waals surface area contributed by atoms with E-state index < -0.39 is 7.14 Å². The first-order valence-electron chi connectivity index (χ1n) is 4.47. The van der Waals surface area contributed by atoms with E-state index in [1.54, 1.807) is 25.7 Å². The lowest BCUT2D eigenvalue weighted by molar-refractivity contribution is 0.588. The van der Waals surface area contributed by atoms with Gasteiger partial charge in [0.15, 0.2) is 0 Å². The van der Waals surface area contributed by atoms with E-state index in [4.69, 9.17) is 0 Å². The molecule has 3 heteroatoms. The normalized spacial score (nSPS) is 11.9. The molecule has 0 bridgehead atoms. The molecule has 0 amide bonds. The Bertz CT molecular complexity index is 510. The van der Waals surface area contributed by atoms with Gasteiger partial charge < -0.3 is 4.57 Å². The Morgan fingerprint density at radius 1 is 1.21 bits per heavy atom. The molecule has 0 aliphatic heterocycles. The van der Waals surface area contributed by atoms with E-state index in [1.165, 1.54) is 0 Å². The van der Waals surface area contributed by atoms with Gasteiger partial charge in [0.1, 0.15) is 7.14 Å². The number of pyridine rings is 1. The van der Waals surface area contributed by atoms with Gasteiger partial charge in [-0.2, -0.15) is 0 Å². The van der Waals surface area contributed by atoms with Crippen molar-refractivity contribution >= 4 is 23.2 Å². The minimum atomic E-state index is -2.19. The average Bonchev–Trinajstić information content (AvgIpc) is 2.15. The predicted octanol–water partition coefficient (Wildman–Crippen LogP) is 2.48. The second-order valence-electron chi connectivity index (χ2n) is 3.72. The maximum Gasteiger partial charge on any atom is 0.110 e. The summed E-state index contributed by atoms with van der Waals surface area (Å²) in [5, 5.41) is 3.04. The first-order chi connectivity index (χ1) is 6.59. The summed E-state index contributed by atoms with van der Waals surface area (Å²) in [6, 6.07) is 7.77. The molecule has 1 aromatic carbocycles. The van der Waals surface area contributed by atoms with Gasteiger partial charge in [-0.05, 0) is 24.8 Å². The minimum absolute atomic E-state index is 0.942. The van der Waals surface area contributed by atoms with E-state index in [-0.39, 0.29) is 0 Å². The zero-order valence-corrected chi connectivity index (χ0v) is 9.16. The van der Waals surface area contributed by atoms with E-state index in [0.29, 0.717) is 0 Å². The Balaban J connectivity index is 2.85. The van der Waals surface area contributed by atoms with Crippen LogP contribution in [0.4, 0.5) is 0 Å². The number of aromatic nitrogens is 1. The molecule has 0 fully saturated rings. The van der Waals surface area contributed by atoms with Crippen LogP contribution in [0.25, 0.3) is 10.8 Å². The van der Waals surface area contributed by atoms with Crippen molar-refractivity contribution in [1.82, 2.24) is 4.98 Å². The van der Waals surface area contributed by atoms with Crippen molar-refractivity contribution in [2.75, 3.05) is 13.3 Å². The van der Waals surface area contributed by atoms with Crippen LogP contribution in [0.2, 0.25) is 0 Å². The van der Waals surface area contributed by atoms with Crippen LogP contribution in [0.5, 0.6) is 0 Å². The highest BCUT2D eigenvalue weighted by Crippen LogP contribution is 2.37. The Morgan fingerprint density at radius 2 is 2.00 bits per heavy atom. The molecule has 0 saturated heterocycles. The fraction of sp³-hybridized carbons (Fsp3) is 0.182. The lowest BCUT2D eigenvalue weighted by Crippen LogP contribution is -2.03. The number of fused-ring (bicyclic) bond motifs is 1. The molecule has 1 heterocycles. The number of hydrogen-bond acceptors (Lipinski definition) is 2. The van der Waals surface area contributed by atoms with Gasteiger partial charge in [0.2, 0.25) is 0 Å². The van der Waals surface area contributed by atoms with Crippen LogP contribution < -0.4 is 5.30 Å². The van der Waals surface area contributed by atoms with E-state index >= 15 is 0 Å². The summed E-state index contributed by atoms with van der Waals surface area (Å²) in [5.41, 5.74) is 0. The standard InChI is InChI=1S/C11H12NOP/c1-14(2,13)11-5-3-4-9-8-12-7-6-10(9)11/h3-8H,1-2H3. The Morgan fingerprint density at radius 3 is 2.71 bits per heavy atom. The fourth-order valence-electron chi connectivity index (χ4n) is 1.58. The smallest absolute Gasteiger partial charge is 0.110 e. The topological polar surface area (TPSA) is 30.0 Å². The highest BCUT2D eigenvalue weighted by Gasteiger charge is 2.13. The second kappa shape index (κ2) is 3.21. The first kappa shape index (κ1) is 9.42. The van der Waals surface area contributed by atoms with Crippen molar-refractivity contribution in [1.29, 1.82) is 0 Å². The third-order valence-corrected chi connectivity index (χ3v) is 3.79. The van der Waals surface area contributed by atoms with Crippen molar-refractivity contribution in [3.63, 3.8) is 0 Å².